The molecule has 0 amide bonds. The van der Waals surface area contributed by atoms with Crippen molar-refractivity contribution in [3.05, 3.63) is 47.3 Å². The van der Waals surface area contributed by atoms with Gasteiger partial charge in [0.25, 0.3) is 0 Å². The molecule has 1 aliphatic heterocycles. The Balaban J connectivity index is 1.93. The van der Waals surface area contributed by atoms with Crippen LogP contribution in [0.15, 0.2) is 30.5 Å². The molecule has 0 saturated heterocycles. The van der Waals surface area contributed by atoms with Crippen LogP contribution >= 0.6 is 0 Å². The first-order valence-corrected chi connectivity index (χ1v) is 6.27. The SMILES string of the molecule is FC(F)(F)c1ccc(-c2ncc3c(n2)CNCC3)cc1. The zero-order valence-corrected chi connectivity index (χ0v) is 10.5. The summed E-state index contributed by atoms with van der Waals surface area (Å²) in [5, 5.41) is 3.21. The Morgan fingerprint density at radius 1 is 1.10 bits per heavy atom. The molecular weight excluding hydrogens is 267 g/mol. The molecule has 3 nitrogen and oxygen atoms in total. The van der Waals surface area contributed by atoms with Gasteiger partial charge in [0.05, 0.1) is 11.3 Å². The van der Waals surface area contributed by atoms with E-state index in [0.717, 1.165) is 36.4 Å². The molecule has 1 N–H and O–H groups in total. The molecule has 1 aromatic heterocycles. The van der Waals surface area contributed by atoms with Gasteiger partial charge in [0, 0.05) is 18.3 Å². The van der Waals surface area contributed by atoms with Crippen LogP contribution in [0, 0.1) is 0 Å². The van der Waals surface area contributed by atoms with Crippen molar-refractivity contribution in [1.29, 1.82) is 0 Å². The molecule has 0 unspecified atom stereocenters. The number of hydrogen-bond donors (Lipinski definition) is 1. The lowest BCUT2D eigenvalue weighted by molar-refractivity contribution is -0.137. The molecule has 1 aromatic carbocycles. The van der Waals surface area contributed by atoms with E-state index in [0.29, 0.717) is 17.9 Å². The summed E-state index contributed by atoms with van der Waals surface area (Å²) in [6, 6.07) is 4.91. The maximum absolute atomic E-state index is 12.5. The lowest BCUT2D eigenvalue weighted by atomic mass is 10.1. The van der Waals surface area contributed by atoms with Crippen LogP contribution in [0.5, 0.6) is 0 Å². The van der Waals surface area contributed by atoms with Crippen LogP contribution in [-0.4, -0.2) is 16.5 Å². The highest BCUT2D eigenvalue weighted by molar-refractivity contribution is 5.56. The predicted octanol–water partition coefficient (Wildman–Crippen LogP) is 2.81. The average molecular weight is 279 g/mol. The number of nitrogens with one attached hydrogen (secondary N) is 1. The molecule has 2 heterocycles. The fraction of sp³-hybridized carbons (Fsp3) is 0.286. The van der Waals surface area contributed by atoms with Crippen molar-refractivity contribution >= 4 is 0 Å². The Morgan fingerprint density at radius 2 is 1.85 bits per heavy atom. The normalized spacial score (nSPS) is 14.9. The van der Waals surface area contributed by atoms with Crippen LogP contribution in [-0.2, 0) is 19.1 Å². The number of benzene rings is 1. The van der Waals surface area contributed by atoms with Crippen LogP contribution < -0.4 is 5.32 Å². The van der Waals surface area contributed by atoms with Gasteiger partial charge in [-0.25, -0.2) is 9.97 Å². The standard InChI is InChI=1S/C14H12F3N3/c15-14(16,17)11-3-1-9(2-4-11)13-19-7-10-5-6-18-8-12(10)20-13/h1-4,7,18H,5-6,8H2. The largest absolute Gasteiger partial charge is 0.416 e. The maximum Gasteiger partial charge on any atom is 0.416 e. The second-order valence-corrected chi connectivity index (χ2v) is 4.67. The number of alkyl halides is 3. The summed E-state index contributed by atoms with van der Waals surface area (Å²) >= 11 is 0. The van der Waals surface area contributed by atoms with E-state index in [1.165, 1.54) is 12.1 Å². The molecule has 3 rings (SSSR count). The van der Waals surface area contributed by atoms with Crippen LogP contribution in [0.3, 0.4) is 0 Å². The molecule has 6 heteroatoms. The predicted molar refractivity (Wildman–Crippen MR) is 67.9 cm³/mol. The monoisotopic (exact) mass is 279 g/mol. The summed E-state index contributed by atoms with van der Waals surface area (Å²) in [7, 11) is 0. The summed E-state index contributed by atoms with van der Waals surface area (Å²) in [6.45, 7) is 1.57. The van der Waals surface area contributed by atoms with Crippen molar-refractivity contribution in [3.8, 4) is 11.4 Å². The molecular formula is C14H12F3N3. The van der Waals surface area contributed by atoms with Gasteiger partial charge in [-0.2, -0.15) is 13.2 Å². The lowest BCUT2D eigenvalue weighted by Crippen LogP contribution is -2.25. The first-order chi connectivity index (χ1) is 9.54. The van der Waals surface area contributed by atoms with Crippen molar-refractivity contribution < 1.29 is 13.2 Å². The van der Waals surface area contributed by atoms with Gasteiger partial charge in [-0.1, -0.05) is 12.1 Å². The molecule has 20 heavy (non-hydrogen) atoms. The fourth-order valence-corrected chi connectivity index (χ4v) is 2.18. The van der Waals surface area contributed by atoms with Gasteiger partial charge in [-0.15, -0.1) is 0 Å². The molecule has 1 aliphatic rings. The van der Waals surface area contributed by atoms with E-state index >= 15 is 0 Å². The summed E-state index contributed by atoms with van der Waals surface area (Å²) in [4.78, 5) is 8.65. The maximum atomic E-state index is 12.5. The highest BCUT2D eigenvalue weighted by atomic mass is 19.4. The van der Waals surface area contributed by atoms with E-state index in [2.05, 4.69) is 15.3 Å². The third-order valence-corrected chi connectivity index (χ3v) is 3.29. The van der Waals surface area contributed by atoms with Gasteiger partial charge in [-0.3, -0.25) is 0 Å². The minimum Gasteiger partial charge on any atom is -0.311 e. The Kier molecular flexibility index (Phi) is 3.17. The van der Waals surface area contributed by atoms with Gasteiger partial charge >= 0.3 is 6.18 Å². The number of rotatable bonds is 1. The smallest absolute Gasteiger partial charge is 0.311 e. The van der Waals surface area contributed by atoms with Crippen molar-refractivity contribution in [1.82, 2.24) is 15.3 Å². The van der Waals surface area contributed by atoms with Crippen LogP contribution in [0.4, 0.5) is 13.2 Å². The van der Waals surface area contributed by atoms with Crippen molar-refractivity contribution in [2.45, 2.75) is 19.1 Å². The van der Waals surface area contributed by atoms with Crippen LogP contribution in [0.2, 0.25) is 0 Å². The molecule has 0 aliphatic carbocycles. The highest BCUT2D eigenvalue weighted by Gasteiger charge is 2.30. The molecule has 0 bridgehead atoms. The summed E-state index contributed by atoms with van der Waals surface area (Å²) < 4.78 is 37.5. The number of aromatic nitrogens is 2. The van der Waals surface area contributed by atoms with Crippen LogP contribution in [0.25, 0.3) is 11.4 Å². The summed E-state index contributed by atoms with van der Waals surface area (Å²) in [5.41, 5.74) is 1.94. The third kappa shape index (κ3) is 2.51. The minimum absolute atomic E-state index is 0.459. The molecule has 0 saturated carbocycles. The van der Waals surface area contributed by atoms with Crippen molar-refractivity contribution in [2.24, 2.45) is 0 Å². The van der Waals surface area contributed by atoms with Gasteiger partial charge in [0.2, 0.25) is 0 Å². The Labute approximate surface area is 113 Å². The van der Waals surface area contributed by atoms with Crippen LogP contribution in [0.1, 0.15) is 16.8 Å². The molecule has 2 aromatic rings. The highest BCUT2D eigenvalue weighted by Crippen LogP contribution is 2.30. The van der Waals surface area contributed by atoms with Crippen molar-refractivity contribution in [3.63, 3.8) is 0 Å². The Bertz CT molecular complexity index is 621. The molecule has 104 valence electrons. The molecule has 0 atom stereocenters. The Morgan fingerprint density at radius 3 is 2.55 bits per heavy atom. The summed E-state index contributed by atoms with van der Waals surface area (Å²) in [5.74, 6) is 0.459. The quantitative estimate of drug-likeness (QED) is 0.872. The van der Waals surface area contributed by atoms with Gasteiger partial charge in [-0.05, 0) is 30.7 Å². The number of halogens is 3. The van der Waals surface area contributed by atoms with Gasteiger partial charge < -0.3 is 5.32 Å². The first kappa shape index (κ1) is 13.1. The number of nitrogens with zero attached hydrogens (tertiary/aromatic N) is 2. The van der Waals surface area contributed by atoms with Gasteiger partial charge in [0.1, 0.15) is 0 Å². The van der Waals surface area contributed by atoms with E-state index in [9.17, 15) is 13.2 Å². The zero-order chi connectivity index (χ0) is 14.2. The number of hydrogen-bond acceptors (Lipinski definition) is 3. The molecule has 0 spiro atoms. The second kappa shape index (κ2) is 4.86. The van der Waals surface area contributed by atoms with E-state index in [-0.39, 0.29) is 0 Å². The third-order valence-electron chi connectivity index (χ3n) is 3.29. The minimum atomic E-state index is -4.32. The zero-order valence-electron chi connectivity index (χ0n) is 10.5. The van der Waals surface area contributed by atoms with Crippen molar-refractivity contribution in [2.75, 3.05) is 6.54 Å². The fourth-order valence-electron chi connectivity index (χ4n) is 2.18. The Hall–Kier alpha value is -1.95. The molecule has 0 radical (unpaired) electrons. The van der Waals surface area contributed by atoms with Gasteiger partial charge in [0.15, 0.2) is 5.82 Å². The average Bonchev–Trinajstić information content (AvgIpc) is 2.46. The van der Waals surface area contributed by atoms with E-state index < -0.39 is 11.7 Å². The van der Waals surface area contributed by atoms with E-state index in [1.807, 2.05) is 0 Å². The lowest BCUT2D eigenvalue weighted by Gasteiger charge is -2.16. The topological polar surface area (TPSA) is 37.8 Å². The summed E-state index contributed by atoms with van der Waals surface area (Å²) in [6.07, 6.45) is -1.68. The first-order valence-electron chi connectivity index (χ1n) is 6.27. The van der Waals surface area contributed by atoms with E-state index in [1.54, 1.807) is 6.20 Å². The number of fused-ring (bicyclic) bond motifs is 1. The molecule has 0 fully saturated rings. The second-order valence-electron chi connectivity index (χ2n) is 4.67. The van der Waals surface area contributed by atoms with E-state index in [4.69, 9.17) is 0 Å².